The molecule has 1 aliphatic rings. The molecule has 0 aromatic heterocycles. The van der Waals surface area contributed by atoms with E-state index < -0.39 is 0 Å². The molecule has 0 bridgehead atoms. The van der Waals surface area contributed by atoms with Gasteiger partial charge < -0.3 is 16.4 Å². The molecule has 1 heterocycles. The van der Waals surface area contributed by atoms with Crippen LogP contribution in [-0.4, -0.2) is 31.1 Å². The predicted molar refractivity (Wildman–Crippen MR) is 47.6 cm³/mol. The highest BCUT2D eigenvalue weighted by Gasteiger charge is 2.21. The van der Waals surface area contributed by atoms with Crippen LogP contribution in [0.25, 0.3) is 0 Å². The van der Waals surface area contributed by atoms with Crippen LogP contribution in [0.1, 0.15) is 6.42 Å². The molecule has 0 aliphatic carbocycles. The van der Waals surface area contributed by atoms with E-state index in [0.717, 1.165) is 19.5 Å². The Balaban J connectivity index is 2.38. The van der Waals surface area contributed by atoms with Gasteiger partial charge in [-0.05, 0) is 19.0 Å². The molecule has 4 heteroatoms. The minimum Gasteiger partial charge on any atom is -0.348 e. The van der Waals surface area contributed by atoms with Crippen LogP contribution in [0.5, 0.6) is 0 Å². The van der Waals surface area contributed by atoms with Crippen LogP contribution in [0.15, 0.2) is 12.7 Å². The second kappa shape index (κ2) is 4.23. The fourth-order valence-corrected chi connectivity index (χ4v) is 1.30. The first-order valence-electron chi connectivity index (χ1n) is 4.13. The Kier molecular flexibility index (Phi) is 3.25. The average Bonchev–Trinajstić information content (AvgIpc) is 2.09. The third-order valence-corrected chi connectivity index (χ3v) is 2.04. The zero-order chi connectivity index (χ0) is 8.97. The number of amides is 1. The molecule has 0 radical (unpaired) electrons. The van der Waals surface area contributed by atoms with E-state index in [9.17, 15) is 4.79 Å². The van der Waals surface area contributed by atoms with Crippen LogP contribution < -0.4 is 16.4 Å². The van der Waals surface area contributed by atoms with Gasteiger partial charge in [0, 0.05) is 18.6 Å². The smallest absolute Gasteiger partial charge is 0.243 e. The lowest BCUT2D eigenvalue weighted by Crippen LogP contribution is -2.56. The minimum absolute atomic E-state index is 0.0163. The van der Waals surface area contributed by atoms with Crippen molar-refractivity contribution in [1.82, 2.24) is 10.6 Å². The summed E-state index contributed by atoms with van der Waals surface area (Å²) in [6.07, 6.45) is 2.16. The summed E-state index contributed by atoms with van der Waals surface area (Å²) in [5, 5.41) is 5.95. The van der Waals surface area contributed by atoms with Crippen LogP contribution >= 0.6 is 0 Å². The van der Waals surface area contributed by atoms with Crippen LogP contribution in [0.4, 0.5) is 0 Å². The number of carbonyl (C=O) groups is 1. The summed E-state index contributed by atoms with van der Waals surface area (Å²) < 4.78 is 0. The number of piperidine rings is 1. The Labute approximate surface area is 72.2 Å². The van der Waals surface area contributed by atoms with Crippen LogP contribution in [0, 0.1) is 0 Å². The molecule has 1 amide bonds. The van der Waals surface area contributed by atoms with Gasteiger partial charge in [0.15, 0.2) is 0 Å². The molecule has 1 aliphatic heterocycles. The first-order chi connectivity index (χ1) is 5.74. The molecule has 1 rings (SSSR count). The minimum atomic E-state index is -0.141. The lowest BCUT2D eigenvalue weighted by atomic mass is 10.0. The standard InChI is InChI=1S/C8H15N3O/c1-2-8(12)11-7-3-4-10-5-6(7)9/h2,6-7,10H,1,3-5,9H2,(H,11,12)/t6-,7+/m1/s1. The first-order valence-corrected chi connectivity index (χ1v) is 4.13. The van der Waals surface area contributed by atoms with E-state index >= 15 is 0 Å². The largest absolute Gasteiger partial charge is 0.348 e. The van der Waals surface area contributed by atoms with Crippen molar-refractivity contribution in [3.63, 3.8) is 0 Å². The Morgan fingerprint density at radius 2 is 2.50 bits per heavy atom. The maximum Gasteiger partial charge on any atom is 0.243 e. The number of nitrogens with two attached hydrogens (primary N) is 1. The molecule has 2 atom stereocenters. The Morgan fingerprint density at radius 1 is 1.75 bits per heavy atom. The molecule has 1 fully saturated rings. The summed E-state index contributed by atoms with van der Waals surface area (Å²) in [5.74, 6) is -0.141. The number of nitrogens with one attached hydrogen (secondary N) is 2. The van der Waals surface area contributed by atoms with Gasteiger partial charge in [-0.25, -0.2) is 0 Å². The van der Waals surface area contributed by atoms with E-state index in [2.05, 4.69) is 17.2 Å². The number of hydrogen-bond donors (Lipinski definition) is 3. The van der Waals surface area contributed by atoms with Crippen LogP contribution in [0.3, 0.4) is 0 Å². The SMILES string of the molecule is C=CC(=O)N[C@H]1CCNC[C@H]1N. The lowest BCUT2D eigenvalue weighted by Gasteiger charge is -2.29. The van der Waals surface area contributed by atoms with Crippen molar-refractivity contribution in [2.75, 3.05) is 13.1 Å². The molecule has 1 saturated heterocycles. The monoisotopic (exact) mass is 169 g/mol. The van der Waals surface area contributed by atoms with Crippen molar-refractivity contribution in [3.8, 4) is 0 Å². The topological polar surface area (TPSA) is 67.2 Å². The normalized spacial score (nSPS) is 29.4. The fraction of sp³-hybridized carbons (Fsp3) is 0.625. The van der Waals surface area contributed by atoms with E-state index in [1.807, 2.05) is 0 Å². The highest BCUT2D eigenvalue weighted by Crippen LogP contribution is 2.00. The van der Waals surface area contributed by atoms with Gasteiger partial charge >= 0.3 is 0 Å². The summed E-state index contributed by atoms with van der Waals surface area (Å²) in [6, 6.07) is 0.111. The summed E-state index contributed by atoms with van der Waals surface area (Å²) in [6.45, 7) is 5.06. The van der Waals surface area contributed by atoms with E-state index in [0.29, 0.717) is 0 Å². The molecule has 0 aromatic rings. The van der Waals surface area contributed by atoms with E-state index in [4.69, 9.17) is 5.73 Å². The number of carbonyl (C=O) groups excluding carboxylic acids is 1. The summed E-state index contributed by atoms with van der Waals surface area (Å²) in [4.78, 5) is 10.9. The zero-order valence-corrected chi connectivity index (χ0v) is 7.05. The zero-order valence-electron chi connectivity index (χ0n) is 7.05. The molecule has 4 N–H and O–H groups in total. The average molecular weight is 169 g/mol. The van der Waals surface area contributed by atoms with Gasteiger partial charge in [-0.15, -0.1) is 0 Å². The van der Waals surface area contributed by atoms with Gasteiger partial charge in [0.05, 0.1) is 0 Å². The number of hydrogen-bond acceptors (Lipinski definition) is 3. The van der Waals surface area contributed by atoms with Crippen LogP contribution in [-0.2, 0) is 4.79 Å². The summed E-state index contributed by atoms with van der Waals surface area (Å²) in [5.41, 5.74) is 5.77. The molecular formula is C8H15N3O. The Bertz CT molecular complexity index is 181. The molecule has 0 spiro atoms. The van der Waals surface area contributed by atoms with Gasteiger partial charge in [-0.3, -0.25) is 4.79 Å². The van der Waals surface area contributed by atoms with E-state index in [1.165, 1.54) is 6.08 Å². The summed E-state index contributed by atoms with van der Waals surface area (Å²) >= 11 is 0. The van der Waals surface area contributed by atoms with E-state index in [-0.39, 0.29) is 18.0 Å². The molecule has 4 nitrogen and oxygen atoms in total. The molecule has 0 aromatic carbocycles. The molecular weight excluding hydrogens is 154 g/mol. The second-order valence-corrected chi connectivity index (χ2v) is 2.98. The lowest BCUT2D eigenvalue weighted by molar-refractivity contribution is -0.117. The van der Waals surface area contributed by atoms with Gasteiger partial charge in [-0.2, -0.15) is 0 Å². The van der Waals surface area contributed by atoms with Crippen molar-refractivity contribution in [2.24, 2.45) is 5.73 Å². The quantitative estimate of drug-likeness (QED) is 0.463. The van der Waals surface area contributed by atoms with Gasteiger partial charge in [0.1, 0.15) is 0 Å². The third kappa shape index (κ3) is 2.32. The molecule has 12 heavy (non-hydrogen) atoms. The Hall–Kier alpha value is -0.870. The highest BCUT2D eigenvalue weighted by atomic mass is 16.1. The van der Waals surface area contributed by atoms with Crippen molar-refractivity contribution in [3.05, 3.63) is 12.7 Å². The number of rotatable bonds is 2. The van der Waals surface area contributed by atoms with Crippen molar-refractivity contribution in [1.29, 1.82) is 0 Å². The van der Waals surface area contributed by atoms with Gasteiger partial charge in [0.2, 0.25) is 5.91 Å². The maximum absolute atomic E-state index is 10.9. The van der Waals surface area contributed by atoms with Crippen LogP contribution in [0.2, 0.25) is 0 Å². The summed E-state index contributed by atoms with van der Waals surface area (Å²) in [7, 11) is 0. The van der Waals surface area contributed by atoms with E-state index in [1.54, 1.807) is 0 Å². The maximum atomic E-state index is 10.9. The molecule has 68 valence electrons. The van der Waals surface area contributed by atoms with Crippen molar-refractivity contribution in [2.45, 2.75) is 18.5 Å². The van der Waals surface area contributed by atoms with Crippen molar-refractivity contribution >= 4 is 5.91 Å². The van der Waals surface area contributed by atoms with Gasteiger partial charge in [-0.1, -0.05) is 6.58 Å². The fourth-order valence-electron chi connectivity index (χ4n) is 1.30. The second-order valence-electron chi connectivity index (χ2n) is 2.98. The van der Waals surface area contributed by atoms with Gasteiger partial charge in [0.25, 0.3) is 0 Å². The molecule has 0 saturated carbocycles. The third-order valence-electron chi connectivity index (χ3n) is 2.04. The molecule has 0 unspecified atom stereocenters. The Morgan fingerprint density at radius 3 is 3.08 bits per heavy atom. The predicted octanol–water partition coefficient (Wildman–Crippen LogP) is -1.02. The first kappa shape index (κ1) is 9.22. The van der Waals surface area contributed by atoms with Crippen molar-refractivity contribution < 1.29 is 4.79 Å². The highest BCUT2D eigenvalue weighted by molar-refractivity contribution is 5.87.